The van der Waals surface area contributed by atoms with Gasteiger partial charge in [0.15, 0.2) is 0 Å². The lowest BCUT2D eigenvalue weighted by atomic mass is 10.3. The summed E-state index contributed by atoms with van der Waals surface area (Å²) in [5.74, 6) is -1.93. The van der Waals surface area contributed by atoms with E-state index in [1.54, 1.807) is 0 Å². The van der Waals surface area contributed by atoms with Gasteiger partial charge in [-0.1, -0.05) is 0 Å². The minimum Gasteiger partial charge on any atom is -0.480 e. The fraction of sp³-hybridized carbons (Fsp3) is 0.500. The van der Waals surface area contributed by atoms with Crippen LogP contribution in [0.1, 0.15) is 0 Å². The Bertz CT molecular complexity index is 232. The van der Waals surface area contributed by atoms with Gasteiger partial charge in [-0.25, -0.2) is 4.79 Å². The first-order chi connectivity index (χ1) is 6.02. The van der Waals surface area contributed by atoms with Crippen LogP contribution in [-0.2, 0) is 9.59 Å². The minimum absolute atomic E-state index is 0.0130. The molecule has 1 amide bonds. The van der Waals surface area contributed by atoms with Gasteiger partial charge in [0.1, 0.15) is 11.8 Å². The molecule has 0 aliphatic heterocycles. The van der Waals surface area contributed by atoms with E-state index in [2.05, 4.69) is 30.6 Å². The average Bonchev–Trinajstić information content (AvgIpc) is 2.11. The highest BCUT2D eigenvalue weighted by Crippen LogP contribution is 1.89. The average molecular weight is 222 g/mol. The fourth-order valence-electron chi connectivity index (χ4n) is 0.503. The lowest BCUT2D eigenvalue weighted by Gasteiger charge is -2.11. The zero-order chi connectivity index (χ0) is 10.4. The molecule has 0 rings (SSSR count). The van der Waals surface area contributed by atoms with Crippen molar-refractivity contribution in [3.8, 4) is 0 Å². The maximum absolute atomic E-state index is 11.0. The second-order valence-electron chi connectivity index (χ2n) is 2.18. The van der Waals surface area contributed by atoms with E-state index in [1.165, 1.54) is 0 Å². The third kappa shape index (κ3) is 4.18. The van der Waals surface area contributed by atoms with E-state index in [9.17, 15) is 9.59 Å². The van der Waals surface area contributed by atoms with E-state index in [0.717, 1.165) is 0 Å². The molecule has 0 aromatic carbocycles. The van der Waals surface area contributed by atoms with Crippen LogP contribution in [0.4, 0.5) is 0 Å². The number of hydrogen-bond acceptors (Lipinski definition) is 5. The highest BCUT2D eigenvalue weighted by atomic mass is 32.1. The molecule has 0 radical (unpaired) electrons. The smallest absolute Gasteiger partial charge is 0.327 e. The van der Waals surface area contributed by atoms with Crippen molar-refractivity contribution >= 4 is 42.8 Å². The van der Waals surface area contributed by atoms with Gasteiger partial charge in [-0.2, -0.15) is 25.3 Å². The molecule has 0 fully saturated rings. The van der Waals surface area contributed by atoms with Crippen LogP contribution in [0, 0.1) is 5.41 Å². The first-order valence-electron chi connectivity index (χ1n) is 3.35. The highest BCUT2D eigenvalue weighted by Gasteiger charge is 2.19. The van der Waals surface area contributed by atoms with E-state index in [4.69, 9.17) is 10.5 Å². The molecule has 0 aliphatic carbocycles. The number of nitrogens with one attached hydrogen (secondary N) is 2. The third-order valence-electron chi connectivity index (χ3n) is 1.22. The molecule has 0 bridgehead atoms. The largest absolute Gasteiger partial charge is 0.480 e. The second kappa shape index (κ2) is 5.87. The number of amides is 1. The summed E-state index contributed by atoms with van der Waals surface area (Å²) in [4.78, 5) is 21.4. The van der Waals surface area contributed by atoms with Crippen LogP contribution in [0.25, 0.3) is 0 Å². The summed E-state index contributed by atoms with van der Waals surface area (Å²) < 4.78 is 0. The maximum atomic E-state index is 11.0. The summed E-state index contributed by atoms with van der Waals surface area (Å²) >= 11 is 7.45. The van der Waals surface area contributed by atoms with Gasteiger partial charge in [-0.3, -0.25) is 10.2 Å². The van der Waals surface area contributed by atoms with E-state index in [-0.39, 0.29) is 17.2 Å². The van der Waals surface area contributed by atoms with Crippen LogP contribution in [0.2, 0.25) is 0 Å². The summed E-state index contributed by atoms with van der Waals surface area (Å²) in [6.07, 6.45) is 0. The maximum Gasteiger partial charge on any atom is 0.327 e. The third-order valence-corrected chi connectivity index (χ3v) is 1.90. The van der Waals surface area contributed by atoms with Crippen LogP contribution in [-0.4, -0.2) is 40.2 Å². The Balaban J connectivity index is 4.17. The van der Waals surface area contributed by atoms with Crippen molar-refractivity contribution in [2.24, 2.45) is 0 Å². The Labute approximate surface area is 86.2 Å². The molecular formula is C6H10N2O3S2. The molecule has 5 nitrogen and oxygen atoms in total. The number of carbonyl (C=O) groups excluding carboxylic acids is 1. The summed E-state index contributed by atoms with van der Waals surface area (Å²) in [6.45, 7) is 0. The van der Waals surface area contributed by atoms with Crippen molar-refractivity contribution in [1.82, 2.24) is 5.32 Å². The zero-order valence-electron chi connectivity index (χ0n) is 6.65. The Morgan fingerprint density at radius 3 is 2.31 bits per heavy atom. The standard InChI is InChI=1S/C6H10N2O3S2/c7-3(1-12)5(9)8-4(2-13)6(10)11/h4,7,12-13H,1-2H2,(H,8,9)(H,10,11)/t4-/m0/s1. The van der Waals surface area contributed by atoms with Crippen LogP contribution >= 0.6 is 25.3 Å². The number of carbonyl (C=O) groups is 2. The van der Waals surface area contributed by atoms with E-state index in [1.807, 2.05) is 0 Å². The van der Waals surface area contributed by atoms with Crippen molar-refractivity contribution in [2.75, 3.05) is 11.5 Å². The summed E-state index contributed by atoms with van der Waals surface area (Å²) in [5.41, 5.74) is -0.267. The number of carboxylic acid groups (broad SMARTS) is 1. The Morgan fingerprint density at radius 2 is 2.00 bits per heavy atom. The Hall–Kier alpha value is -0.690. The monoisotopic (exact) mass is 222 g/mol. The number of carboxylic acids is 1. The van der Waals surface area contributed by atoms with Crippen LogP contribution in [0.3, 0.4) is 0 Å². The molecular weight excluding hydrogens is 212 g/mol. The van der Waals surface area contributed by atoms with Gasteiger partial charge < -0.3 is 10.4 Å². The first-order valence-corrected chi connectivity index (χ1v) is 4.62. The van der Waals surface area contributed by atoms with Crippen LogP contribution in [0.5, 0.6) is 0 Å². The van der Waals surface area contributed by atoms with Crippen LogP contribution < -0.4 is 5.32 Å². The van der Waals surface area contributed by atoms with Gasteiger partial charge in [0.05, 0.1) is 0 Å². The number of rotatable bonds is 5. The molecule has 0 saturated heterocycles. The summed E-state index contributed by atoms with van der Waals surface area (Å²) in [7, 11) is 0. The predicted octanol–water partition coefficient (Wildman–Crippen LogP) is -0.565. The van der Waals surface area contributed by atoms with Gasteiger partial charge in [0, 0.05) is 11.5 Å². The number of thiol groups is 2. The van der Waals surface area contributed by atoms with Gasteiger partial charge in [-0.15, -0.1) is 0 Å². The zero-order valence-corrected chi connectivity index (χ0v) is 8.44. The Morgan fingerprint density at radius 1 is 1.46 bits per heavy atom. The first kappa shape index (κ1) is 12.3. The quantitative estimate of drug-likeness (QED) is 0.319. The predicted molar refractivity (Wildman–Crippen MR) is 55.0 cm³/mol. The van der Waals surface area contributed by atoms with E-state index < -0.39 is 17.9 Å². The fourth-order valence-corrected chi connectivity index (χ4v) is 0.894. The molecule has 0 aromatic rings. The molecule has 0 aromatic heterocycles. The summed E-state index contributed by atoms with van der Waals surface area (Å²) in [6, 6.07) is -1.06. The van der Waals surface area contributed by atoms with Crippen LogP contribution in [0.15, 0.2) is 0 Å². The second-order valence-corrected chi connectivity index (χ2v) is 2.86. The van der Waals surface area contributed by atoms with E-state index >= 15 is 0 Å². The molecule has 0 aliphatic rings. The summed E-state index contributed by atoms with van der Waals surface area (Å²) in [5, 5.41) is 17.7. The molecule has 0 spiro atoms. The lowest BCUT2D eigenvalue weighted by Crippen LogP contribution is -2.45. The van der Waals surface area contributed by atoms with Crippen molar-refractivity contribution in [1.29, 1.82) is 5.41 Å². The van der Waals surface area contributed by atoms with Crippen molar-refractivity contribution in [2.45, 2.75) is 6.04 Å². The lowest BCUT2D eigenvalue weighted by molar-refractivity contribution is -0.140. The van der Waals surface area contributed by atoms with Gasteiger partial charge in [-0.05, 0) is 0 Å². The SMILES string of the molecule is N=C(CS)C(=O)N[C@@H](CS)C(=O)O. The van der Waals surface area contributed by atoms with Gasteiger partial charge >= 0.3 is 5.97 Å². The molecule has 13 heavy (non-hydrogen) atoms. The molecule has 74 valence electrons. The highest BCUT2D eigenvalue weighted by molar-refractivity contribution is 7.81. The number of aliphatic carboxylic acids is 1. The van der Waals surface area contributed by atoms with Crippen molar-refractivity contribution in [3.63, 3.8) is 0 Å². The van der Waals surface area contributed by atoms with Crippen molar-refractivity contribution in [3.05, 3.63) is 0 Å². The minimum atomic E-state index is -1.17. The normalized spacial score (nSPS) is 11.8. The van der Waals surface area contributed by atoms with Gasteiger partial charge in [0.2, 0.25) is 0 Å². The topological polar surface area (TPSA) is 90.3 Å². The molecule has 7 heteroatoms. The molecule has 3 N–H and O–H groups in total. The Kier molecular flexibility index (Phi) is 5.56. The molecule has 0 unspecified atom stereocenters. The van der Waals surface area contributed by atoms with Gasteiger partial charge in [0.25, 0.3) is 5.91 Å². The van der Waals surface area contributed by atoms with Crippen molar-refractivity contribution < 1.29 is 14.7 Å². The molecule has 1 atom stereocenters. The number of hydrogen-bond donors (Lipinski definition) is 5. The molecule has 0 saturated carbocycles. The molecule has 0 heterocycles. The van der Waals surface area contributed by atoms with E-state index in [0.29, 0.717) is 0 Å².